The molecule has 15 heavy (non-hydrogen) atoms. The van der Waals surface area contributed by atoms with E-state index < -0.39 is 0 Å². The van der Waals surface area contributed by atoms with Gasteiger partial charge in [0.2, 0.25) is 0 Å². The summed E-state index contributed by atoms with van der Waals surface area (Å²) in [5.74, 6) is 0.943. The first-order valence-electron chi connectivity index (χ1n) is 5.62. The Labute approximate surface area is 90.6 Å². The van der Waals surface area contributed by atoms with E-state index in [1.165, 1.54) is 31.5 Å². The molecule has 1 saturated heterocycles. The van der Waals surface area contributed by atoms with Crippen molar-refractivity contribution in [2.45, 2.75) is 32.9 Å². The van der Waals surface area contributed by atoms with Gasteiger partial charge in [0.05, 0.1) is 0 Å². The van der Waals surface area contributed by atoms with E-state index in [9.17, 15) is 0 Å². The van der Waals surface area contributed by atoms with E-state index in [4.69, 9.17) is 4.52 Å². The van der Waals surface area contributed by atoms with E-state index in [-0.39, 0.29) is 0 Å². The quantitative estimate of drug-likeness (QED) is 0.811. The lowest BCUT2D eigenvalue weighted by atomic mass is 10.2. The van der Waals surface area contributed by atoms with Gasteiger partial charge in [-0.05, 0) is 39.9 Å². The first-order chi connectivity index (χ1) is 7.31. The van der Waals surface area contributed by atoms with Gasteiger partial charge in [-0.2, -0.15) is 0 Å². The molecular weight excluding hydrogens is 190 g/mol. The molecule has 0 bridgehead atoms. The summed E-state index contributed by atoms with van der Waals surface area (Å²) in [5, 5.41) is 7.30. The second kappa shape index (κ2) is 4.77. The lowest BCUT2D eigenvalue weighted by molar-refractivity contribution is 0.311. The van der Waals surface area contributed by atoms with Crippen LogP contribution in [0.25, 0.3) is 0 Å². The molecule has 0 unspecified atom stereocenters. The van der Waals surface area contributed by atoms with Crippen molar-refractivity contribution < 1.29 is 4.52 Å². The molecule has 1 aromatic heterocycles. The van der Waals surface area contributed by atoms with Gasteiger partial charge in [0.15, 0.2) is 0 Å². The number of hydrogen-bond donors (Lipinski definition) is 1. The first kappa shape index (κ1) is 10.6. The molecule has 1 fully saturated rings. The van der Waals surface area contributed by atoms with E-state index in [1.54, 1.807) is 0 Å². The normalized spacial score (nSPS) is 17.5. The van der Waals surface area contributed by atoms with Crippen LogP contribution in [0.4, 0.5) is 0 Å². The van der Waals surface area contributed by atoms with Crippen LogP contribution in [0.15, 0.2) is 4.52 Å². The lowest BCUT2D eigenvalue weighted by Gasteiger charge is -2.13. The van der Waals surface area contributed by atoms with E-state index >= 15 is 0 Å². The molecule has 2 heterocycles. The maximum Gasteiger partial charge on any atom is 0.138 e. The van der Waals surface area contributed by atoms with E-state index in [2.05, 4.69) is 15.4 Å². The Hall–Kier alpha value is -0.870. The third kappa shape index (κ3) is 2.38. The molecule has 1 N–H and O–H groups in total. The van der Waals surface area contributed by atoms with Gasteiger partial charge in [0.25, 0.3) is 0 Å². The van der Waals surface area contributed by atoms with Crippen LogP contribution < -0.4 is 5.32 Å². The Kier molecular flexibility index (Phi) is 3.38. The van der Waals surface area contributed by atoms with Crippen LogP contribution in [-0.4, -0.2) is 30.2 Å². The molecule has 2 rings (SSSR count). The number of likely N-dealkylation sites (tertiary alicyclic amines) is 1. The number of aryl methyl sites for hydroxylation is 1. The van der Waals surface area contributed by atoms with Crippen LogP contribution >= 0.6 is 0 Å². The largest absolute Gasteiger partial charge is 0.361 e. The minimum absolute atomic E-state index is 0.846. The van der Waals surface area contributed by atoms with Crippen LogP contribution in [-0.2, 0) is 13.1 Å². The summed E-state index contributed by atoms with van der Waals surface area (Å²) in [6, 6.07) is 0. The summed E-state index contributed by atoms with van der Waals surface area (Å²) in [6.45, 7) is 6.16. The Morgan fingerprint density at radius 3 is 2.80 bits per heavy atom. The highest BCUT2D eigenvalue weighted by Crippen LogP contribution is 2.17. The fourth-order valence-electron chi connectivity index (χ4n) is 2.12. The molecule has 0 radical (unpaired) electrons. The first-order valence-corrected chi connectivity index (χ1v) is 5.62. The molecule has 1 aliphatic rings. The molecule has 1 aromatic rings. The Bertz CT molecular complexity index is 316. The maximum absolute atomic E-state index is 5.24. The van der Waals surface area contributed by atoms with Gasteiger partial charge in [-0.1, -0.05) is 5.16 Å². The summed E-state index contributed by atoms with van der Waals surface area (Å²) in [7, 11) is 1.95. The summed E-state index contributed by atoms with van der Waals surface area (Å²) in [6.07, 6.45) is 2.64. The summed E-state index contributed by atoms with van der Waals surface area (Å²) in [4.78, 5) is 2.44. The Balaban J connectivity index is 2.05. The summed E-state index contributed by atoms with van der Waals surface area (Å²) < 4.78 is 5.24. The lowest BCUT2D eigenvalue weighted by Crippen LogP contribution is -2.20. The Morgan fingerprint density at radius 1 is 1.40 bits per heavy atom. The van der Waals surface area contributed by atoms with Gasteiger partial charge in [-0.15, -0.1) is 0 Å². The molecule has 4 heteroatoms. The van der Waals surface area contributed by atoms with Crippen molar-refractivity contribution >= 4 is 0 Å². The molecule has 0 saturated carbocycles. The average molecular weight is 209 g/mol. The van der Waals surface area contributed by atoms with Crippen molar-refractivity contribution in [2.24, 2.45) is 0 Å². The van der Waals surface area contributed by atoms with Crippen LogP contribution in [0.2, 0.25) is 0 Å². The smallest absolute Gasteiger partial charge is 0.138 e. The van der Waals surface area contributed by atoms with Crippen LogP contribution in [0.3, 0.4) is 0 Å². The fraction of sp³-hybridized carbons (Fsp3) is 0.727. The van der Waals surface area contributed by atoms with E-state index in [0.717, 1.165) is 24.5 Å². The van der Waals surface area contributed by atoms with Crippen molar-refractivity contribution in [3.63, 3.8) is 0 Å². The number of hydrogen-bond acceptors (Lipinski definition) is 4. The monoisotopic (exact) mass is 209 g/mol. The standard InChI is InChI=1S/C11H19N3O/c1-9-10(7-12-2)11(13-15-9)8-14-5-3-4-6-14/h12H,3-8H2,1-2H3. The second-order valence-electron chi connectivity index (χ2n) is 4.18. The molecule has 4 nitrogen and oxygen atoms in total. The number of rotatable bonds is 4. The third-order valence-corrected chi connectivity index (χ3v) is 2.99. The zero-order chi connectivity index (χ0) is 10.7. The Morgan fingerprint density at radius 2 is 2.13 bits per heavy atom. The average Bonchev–Trinajstić information content (AvgIpc) is 2.83. The minimum atomic E-state index is 0.846. The van der Waals surface area contributed by atoms with Crippen molar-refractivity contribution in [2.75, 3.05) is 20.1 Å². The molecular formula is C11H19N3O. The summed E-state index contributed by atoms with van der Waals surface area (Å²) >= 11 is 0. The molecule has 0 amide bonds. The highest BCUT2D eigenvalue weighted by atomic mass is 16.5. The van der Waals surface area contributed by atoms with Gasteiger partial charge in [-0.3, -0.25) is 4.90 Å². The maximum atomic E-state index is 5.24. The van der Waals surface area contributed by atoms with Crippen LogP contribution in [0.5, 0.6) is 0 Å². The number of nitrogens with one attached hydrogen (secondary N) is 1. The number of aromatic nitrogens is 1. The second-order valence-corrected chi connectivity index (χ2v) is 4.18. The topological polar surface area (TPSA) is 41.3 Å². The molecule has 0 spiro atoms. The SMILES string of the molecule is CNCc1c(CN2CCCC2)noc1C. The molecule has 84 valence electrons. The predicted octanol–water partition coefficient (Wildman–Crippen LogP) is 1.30. The zero-order valence-electron chi connectivity index (χ0n) is 9.55. The molecule has 0 atom stereocenters. The molecule has 1 aliphatic heterocycles. The van der Waals surface area contributed by atoms with Crippen molar-refractivity contribution in [1.82, 2.24) is 15.4 Å². The van der Waals surface area contributed by atoms with Crippen molar-refractivity contribution in [3.8, 4) is 0 Å². The third-order valence-electron chi connectivity index (χ3n) is 2.99. The zero-order valence-corrected chi connectivity index (χ0v) is 9.55. The molecule has 0 aromatic carbocycles. The van der Waals surface area contributed by atoms with Crippen molar-refractivity contribution in [3.05, 3.63) is 17.0 Å². The highest BCUT2D eigenvalue weighted by molar-refractivity contribution is 5.21. The highest BCUT2D eigenvalue weighted by Gasteiger charge is 2.17. The van der Waals surface area contributed by atoms with E-state index in [0.29, 0.717) is 0 Å². The predicted molar refractivity (Wildman–Crippen MR) is 58.5 cm³/mol. The van der Waals surface area contributed by atoms with Crippen molar-refractivity contribution in [1.29, 1.82) is 0 Å². The minimum Gasteiger partial charge on any atom is -0.361 e. The molecule has 0 aliphatic carbocycles. The van der Waals surface area contributed by atoms with E-state index in [1.807, 2.05) is 14.0 Å². The van der Waals surface area contributed by atoms with Crippen LogP contribution in [0, 0.1) is 6.92 Å². The number of nitrogens with zero attached hydrogens (tertiary/aromatic N) is 2. The fourth-order valence-corrected chi connectivity index (χ4v) is 2.12. The summed E-state index contributed by atoms with van der Waals surface area (Å²) in [5.41, 5.74) is 2.33. The van der Waals surface area contributed by atoms with Gasteiger partial charge < -0.3 is 9.84 Å². The van der Waals surface area contributed by atoms with Crippen LogP contribution in [0.1, 0.15) is 29.9 Å². The van der Waals surface area contributed by atoms with Gasteiger partial charge in [0, 0.05) is 18.7 Å². The van der Waals surface area contributed by atoms with Gasteiger partial charge >= 0.3 is 0 Å². The van der Waals surface area contributed by atoms with Gasteiger partial charge in [-0.25, -0.2) is 0 Å². The van der Waals surface area contributed by atoms with Gasteiger partial charge in [0.1, 0.15) is 11.5 Å².